The molecule has 2 aromatic heterocycles. The SMILES string of the molecule is c1ccc2[nH]c(Cc3nc(C4CCCN4)cs3)nc2c1. The number of rotatable bonds is 3. The van der Waals surface area contributed by atoms with Crippen LogP contribution in [0.2, 0.25) is 0 Å². The molecule has 1 fully saturated rings. The third kappa shape index (κ3) is 2.23. The number of imidazole rings is 1. The molecule has 3 heterocycles. The molecule has 0 aliphatic carbocycles. The molecule has 5 heteroatoms. The molecule has 102 valence electrons. The summed E-state index contributed by atoms with van der Waals surface area (Å²) in [6.07, 6.45) is 3.24. The number of thiazole rings is 1. The molecule has 0 radical (unpaired) electrons. The third-order valence-electron chi connectivity index (χ3n) is 3.74. The summed E-state index contributed by atoms with van der Waals surface area (Å²) in [5, 5.41) is 6.81. The van der Waals surface area contributed by atoms with Crippen LogP contribution in [-0.2, 0) is 6.42 Å². The number of aromatic amines is 1. The molecule has 4 nitrogen and oxygen atoms in total. The van der Waals surface area contributed by atoms with Crippen LogP contribution in [0.5, 0.6) is 0 Å². The molecular weight excluding hydrogens is 268 g/mol. The maximum Gasteiger partial charge on any atom is 0.114 e. The van der Waals surface area contributed by atoms with E-state index in [0.717, 1.165) is 34.8 Å². The van der Waals surface area contributed by atoms with Crippen LogP contribution in [0, 0.1) is 0 Å². The number of nitrogens with one attached hydrogen (secondary N) is 2. The topological polar surface area (TPSA) is 53.6 Å². The summed E-state index contributed by atoms with van der Waals surface area (Å²) in [5.74, 6) is 0.992. The zero-order valence-electron chi connectivity index (χ0n) is 11.1. The summed E-state index contributed by atoms with van der Waals surface area (Å²) in [5.41, 5.74) is 3.31. The van der Waals surface area contributed by atoms with Crippen molar-refractivity contribution < 1.29 is 0 Å². The zero-order chi connectivity index (χ0) is 13.4. The lowest BCUT2D eigenvalue weighted by molar-refractivity contribution is 0.630. The van der Waals surface area contributed by atoms with Crippen LogP contribution in [0.15, 0.2) is 29.6 Å². The van der Waals surface area contributed by atoms with Gasteiger partial charge in [-0.3, -0.25) is 0 Å². The standard InChI is InChI=1S/C15H16N4S/c1-2-5-12-11(4-1)17-14(18-12)8-15-19-13(9-20-15)10-6-3-7-16-10/h1-2,4-5,9-10,16H,3,6-8H2,(H,17,18). The van der Waals surface area contributed by atoms with Crippen LogP contribution in [-0.4, -0.2) is 21.5 Å². The van der Waals surface area contributed by atoms with Gasteiger partial charge in [-0.1, -0.05) is 12.1 Å². The zero-order valence-corrected chi connectivity index (χ0v) is 11.9. The van der Waals surface area contributed by atoms with E-state index in [-0.39, 0.29) is 0 Å². The van der Waals surface area contributed by atoms with E-state index >= 15 is 0 Å². The highest BCUT2D eigenvalue weighted by atomic mass is 32.1. The van der Waals surface area contributed by atoms with Gasteiger partial charge in [0.15, 0.2) is 0 Å². The number of para-hydroxylation sites is 2. The predicted octanol–water partition coefficient (Wildman–Crippen LogP) is 3.03. The number of nitrogens with zero attached hydrogens (tertiary/aromatic N) is 2. The first-order valence-electron chi connectivity index (χ1n) is 7.00. The Hall–Kier alpha value is -1.72. The molecule has 2 N–H and O–H groups in total. The van der Waals surface area contributed by atoms with Crippen molar-refractivity contribution in [3.63, 3.8) is 0 Å². The quantitative estimate of drug-likeness (QED) is 0.777. The van der Waals surface area contributed by atoms with Crippen molar-refractivity contribution >= 4 is 22.4 Å². The highest BCUT2D eigenvalue weighted by Gasteiger charge is 2.19. The maximum atomic E-state index is 4.75. The van der Waals surface area contributed by atoms with Gasteiger partial charge in [0.05, 0.1) is 29.2 Å². The van der Waals surface area contributed by atoms with Crippen LogP contribution < -0.4 is 5.32 Å². The molecule has 4 rings (SSSR count). The number of hydrogen-bond acceptors (Lipinski definition) is 4. The van der Waals surface area contributed by atoms with Gasteiger partial charge in [0, 0.05) is 5.38 Å². The lowest BCUT2D eigenvalue weighted by atomic mass is 10.2. The van der Waals surface area contributed by atoms with Crippen LogP contribution >= 0.6 is 11.3 Å². The molecule has 3 aromatic rings. The Kier molecular flexibility index (Phi) is 3.01. The molecule has 0 spiro atoms. The van der Waals surface area contributed by atoms with Crippen molar-refractivity contribution in [3.8, 4) is 0 Å². The van der Waals surface area contributed by atoms with Gasteiger partial charge in [0.2, 0.25) is 0 Å². The highest BCUT2D eigenvalue weighted by Crippen LogP contribution is 2.25. The minimum absolute atomic E-state index is 0.454. The highest BCUT2D eigenvalue weighted by molar-refractivity contribution is 7.09. The number of benzene rings is 1. The Morgan fingerprint density at radius 3 is 3.05 bits per heavy atom. The van der Waals surface area contributed by atoms with E-state index in [9.17, 15) is 0 Å². The molecular formula is C15H16N4S. The molecule has 1 saturated heterocycles. The number of aromatic nitrogens is 3. The van der Waals surface area contributed by atoms with Crippen LogP contribution in [0.25, 0.3) is 11.0 Å². The van der Waals surface area contributed by atoms with Gasteiger partial charge >= 0.3 is 0 Å². The van der Waals surface area contributed by atoms with Gasteiger partial charge in [-0.2, -0.15) is 0 Å². The Morgan fingerprint density at radius 1 is 1.25 bits per heavy atom. The second-order valence-electron chi connectivity index (χ2n) is 5.19. The fraction of sp³-hybridized carbons (Fsp3) is 0.333. The molecule has 1 aromatic carbocycles. The smallest absolute Gasteiger partial charge is 0.114 e. The Balaban J connectivity index is 1.56. The molecule has 0 bridgehead atoms. The maximum absolute atomic E-state index is 4.75. The minimum Gasteiger partial charge on any atom is -0.342 e. The monoisotopic (exact) mass is 284 g/mol. The largest absolute Gasteiger partial charge is 0.342 e. The van der Waals surface area contributed by atoms with Gasteiger partial charge in [0.25, 0.3) is 0 Å². The summed E-state index contributed by atoms with van der Waals surface area (Å²) in [6.45, 7) is 1.11. The van der Waals surface area contributed by atoms with Crippen LogP contribution in [0.3, 0.4) is 0 Å². The summed E-state index contributed by atoms with van der Waals surface area (Å²) >= 11 is 1.73. The van der Waals surface area contributed by atoms with Crippen LogP contribution in [0.4, 0.5) is 0 Å². The summed E-state index contributed by atoms with van der Waals surface area (Å²) in [7, 11) is 0. The van der Waals surface area contributed by atoms with Gasteiger partial charge in [-0.05, 0) is 31.5 Å². The number of fused-ring (bicyclic) bond motifs is 1. The lowest BCUT2D eigenvalue weighted by Gasteiger charge is -2.04. The number of hydrogen-bond donors (Lipinski definition) is 2. The Bertz CT molecular complexity index is 691. The van der Waals surface area contributed by atoms with Crippen LogP contribution in [0.1, 0.15) is 35.4 Å². The second kappa shape index (κ2) is 5.00. The summed E-state index contributed by atoms with van der Waals surface area (Å²) in [6, 6.07) is 8.58. The second-order valence-corrected chi connectivity index (χ2v) is 6.14. The molecule has 1 aliphatic rings. The predicted molar refractivity (Wildman–Crippen MR) is 81.0 cm³/mol. The van der Waals surface area contributed by atoms with Crippen molar-refractivity contribution in [2.45, 2.75) is 25.3 Å². The van der Waals surface area contributed by atoms with Gasteiger partial charge < -0.3 is 10.3 Å². The average molecular weight is 284 g/mol. The fourth-order valence-corrected chi connectivity index (χ4v) is 3.59. The molecule has 1 aliphatic heterocycles. The van der Waals surface area contributed by atoms with Gasteiger partial charge in [-0.15, -0.1) is 11.3 Å². The Labute approximate surface area is 121 Å². The lowest BCUT2D eigenvalue weighted by Crippen LogP contribution is -2.13. The van der Waals surface area contributed by atoms with Crippen molar-refractivity contribution in [1.82, 2.24) is 20.3 Å². The van der Waals surface area contributed by atoms with Crippen molar-refractivity contribution in [2.75, 3.05) is 6.54 Å². The van der Waals surface area contributed by atoms with E-state index in [0.29, 0.717) is 6.04 Å². The van der Waals surface area contributed by atoms with E-state index in [1.807, 2.05) is 18.2 Å². The number of H-pyrrole nitrogens is 1. The van der Waals surface area contributed by atoms with E-state index in [2.05, 4.69) is 26.7 Å². The van der Waals surface area contributed by atoms with Crippen molar-refractivity contribution in [1.29, 1.82) is 0 Å². The summed E-state index contributed by atoms with van der Waals surface area (Å²) in [4.78, 5) is 12.7. The van der Waals surface area contributed by atoms with E-state index in [4.69, 9.17) is 4.98 Å². The first kappa shape index (κ1) is 12.1. The summed E-state index contributed by atoms with van der Waals surface area (Å²) < 4.78 is 0. The fourth-order valence-electron chi connectivity index (χ4n) is 2.74. The molecule has 1 atom stereocenters. The van der Waals surface area contributed by atoms with E-state index < -0.39 is 0 Å². The van der Waals surface area contributed by atoms with E-state index in [1.165, 1.54) is 18.5 Å². The minimum atomic E-state index is 0.454. The van der Waals surface area contributed by atoms with Gasteiger partial charge in [0.1, 0.15) is 10.8 Å². The molecule has 0 amide bonds. The first-order valence-corrected chi connectivity index (χ1v) is 7.88. The van der Waals surface area contributed by atoms with E-state index in [1.54, 1.807) is 11.3 Å². The van der Waals surface area contributed by atoms with Crippen molar-refractivity contribution in [2.24, 2.45) is 0 Å². The molecule has 1 unspecified atom stereocenters. The van der Waals surface area contributed by atoms with Gasteiger partial charge in [-0.25, -0.2) is 9.97 Å². The first-order chi connectivity index (χ1) is 9.88. The average Bonchev–Trinajstić information content (AvgIpc) is 3.18. The molecule has 0 saturated carbocycles. The van der Waals surface area contributed by atoms with Crippen molar-refractivity contribution in [3.05, 3.63) is 46.2 Å². The third-order valence-corrected chi connectivity index (χ3v) is 4.61. The Morgan fingerprint density at radius 2 is 2.20 bits per heavy atom. The molecule has 20 heavy (non-hydrogen) atoms. The normalized spacial score (nSPS) is 18.9.